The SMILES string of the molecule is CC(=O)c1cccc(NC(=O)C(C)Sc2nc3sc(C)c(C)c3c(=O)n2C)c1. The van der Waals surface area contributed by atoms with Gasteiger partial charge in [0, 0.05) is 23.2 Å². The van der Waals surface area contributed by atoms with Crippen molar-refractivity contribution < 1.29 is 9.59 Å². The fraction of sp³-hybridized carbons (Fsp3) is 0.300. The van der Waals surface area contributed by atoms with Gasteiger partial charge in [0.05, 0.1) is 10.6 Å². The van der Waals surface area contributed by atoms with Gasteiger partial charge in [-0.1, -0.05) is 23.9 Å². The number of aromatic nitrogens is 2. The van der Waals surface area contributed by atoms with Crippen molar-refractivity contribution in [1.29, 1.82) is 0 Å². The second-order valence-electron chi connectivity index (χ2n) is 6.61. The summed E-state index contributed by atoms with van der Waals surface area (Å²) >= 11 is 2.72. The lowest BCUT2D eigenvalue weighted by Gasteiger charge is -2.14. The first kappa shape index (κ1) is 20.3. The summed E-state index contributed by atoms with van der Waals surface area (Å²) in [4.78, 5) is 43.2. The highest BCUT2D eigenvalue weighted by molar-refractivity contribution is 8.00. The van der Waals surface area contributed by atoms with Crippen LogP contribution in [0.1, 0.15) is 34.6 Å². The smallest absolute Gasteiger partial charge is 0.262 e. The zero-order valence-corrected chi connectivity index (χ0v) is 18.0. The Bertz CT molecular complexity index is 1150. The van der Waals surface area contributed by atoms with E-state index in [1.807, 2.05) is 13.8 Å². The quantitative estimate of drug-likeness (QED) is 0.388. The summed E-state index contributed by atoms with van der Waals surface area (Å²) in [7, 11) is 1.67. The molecule has 0 aliphatic heterocycles. The zero-order chi connectivity index (χ0) is 20.6. The third kappa shape index (κ3) is 3.88. The molecule has 0 saturated carbocycles. The Morgan fingerprint density at radius 1 is 1.29 bits per heavy atom. The highest BCUT2D eigenvalue weighted by atomic mass is 32.2. The molecular weight excluding hydrogens is 394 g/mol. The molecule has 8 heteroatoms. The summed E-state index contributed by atoms with van der Waals surface area (Å²) in [5.41, 5.74) is 1.96. The van der Waals surface area contributed by atoms with Gasteiger partial charge in [-0.05, 0) is 45.4 Å². The molecule has 0 spiro atoms. The minimum absolute atomic E-state index is 0.0624. The van der Waals surface area contributed by atoms with E-state index in [-0.39, 0.29) is 17.2 Å². The fourth-order valence-electron chi connectivity index (χ4n) is 2.73. The lowest BCUT2D eigenvalue weighted by molar-refractivity contribution is -0.115. The molecular formula is C20H21N3O3S2. The van der Waals surface area contributed by atoms with Crippen LogP contribution in [-0.2, 0) is 11.8 Å². The summed E-state index contributed by atoms with van der Waals surface area (Å²) in [5.74, 6) is -0.286. The van der Waals surface area contributed by atoms with E-state index in [2.05, 4.69) is 10.3 Å². The second-order valence-corrected chi connectivity index (χ2v) is 9.12. The molecule has 0 bridgehead atoms. The van der Waals surface area contributed by atoms with E-state index in [1.54, 1.807) is 38.2 Å². The molecule has 1 atom stereocenters. The number of thiophene rings is 1. The predicted octanol–water partition coefficient (Wildman–Crippen LogP) is 3.93. The Balaban J connectivity index is 1.82. The molecule has 28 heavy (non-hydrogen) atoms. The van der Waals surface area contributed by atoms with Crippen LogP contribution < -0.4 is 10.9 Å². The van der Waals surface area contributed by atoms with Gasteiger partial charge in [0.25, 0.3) is 5.56 Å². The summed E-state index contributed by atoms with van der Waals surface area (Å²) in [6.45, 7) is 7.14. The first-order valence-corrected chi connectivity index (χ1v) is 10.4. The van der Waals surface area contributed by atoms with Crippen LogP contribution in [0.4, 0.5) is 5.69 Å². The number of carbonyl (C=O) groups is 2. The summed E-state index contributed by atoms with van der Waals surface area (Å²) in [6.07, 6.45) is 0. The normalized spacial score (nSPS) is 12.2. The van der Waals surface area contributed by atoms with Crippen molar-refractivity contribution >= 4 is 50.7 Å². The summed E-state index contributed by atoms with van der Waals surface area (Å²) in [5, 5.41) is 3.49. The van der Waals surface area contributed by atoms with E-state index in [1.165, 1.54) is 34.6 Å². The van der Waals surface area contributed by atoms with E-state index >= 15 is 0 Å². The van der Waals surface area contributed by atoms with Gasteiger partial charge in [-0.3, -0.25) is 19.0 Å². The largest absolute Gasteiger partial charge is 0.325 e. The Labute approximate surface area is 171 Å². The van der Waals surface area contributed by atoms with Crippen molar-refractivity contribution in [3.8, 4) is 0 Å². The standard InChI is InChI=1S/C20H21N3O3S2/c1-10-12(3)27-18-16(10)19(26)23(5)20(22-18)28-13(4)17(25)21-15-8-6-7-14(9-15)11(2)24/h6-9,13H,1-5H3,(H,21,25). The number of anilines is 1. The van der Waals surface area contributed by atoms with E-state index in [4.69, 9.17) is 0 Å². The monoisotopic (exact) mass is 415 g/mol. The molecule has 1 aromatic carbocycles. The molecule has 2 heterocycles. The number of benzene rings is 1. The molecule has 0 aliphatic carbocycles. The molecule has 0 saturated heterocycles. The third-order valence-corrected chi connectivity index (χ3v) is 6.80. The van der Waals surface area contributed by atoms with Crippen LogP contribution in [0.15, 0.2) is 34.2 Å². The van der Waals surface area contributed by atoms with Crippen LogP contribution in [0.5, 0.6) is 0 Å². The number of rotatable bonds is 5. The molecule has 0 fully saturated rings. The molecule has 6 nitrogen and oxygen atoms in total. The second kappa shape index (κ2) is 7.89. The fourth-order valence-corrected chi connectivity index (χ4v) is 4.68. The first-order valence-electron chi connectivity index (χ1n) is 8.74. The van der Waals surface area contributed by atoms with Gasteiger partial charge < -0.3 is 5.32 Å². The van der Waals surface area contributed by atoms with Crippen LogP contribution in [0.2, 0.25) is 0 Å². The van der Waals surface area contributed by atoms with Gasteiger partial charge >= 0.3 is 0 Å². The van der Waals surface area contributed by atoms with E-state index in [0.717, 1.165) is 10.4 Å². The van der Waals surface area contributed by atoms with Crippen LogP contribution in [0.25, 0.3) is 10.2 Å². The zero-order valence-electron chi connectivity index (χ0n) is 16.3. The maximum atomic E-state index is 12.7. The molecule has 1 N–H and O–H groups in total. The number of thioether (sulfide) groups is 1. The van der Waals surface area contributed by atoms with E-state index in [9.17, 15) is 14.4 Å². The van der Waals surface area contributed by atoms with E-state index in [0.29, 0.717) is 26.6 Å². The average molecular weight is 416 g/mol. The molecule has 0 radical (unpaired) electrons. The lowest BCUT2D eigenvalue weighted by atomic mass is 10.1. The van der Waals surface area contributed by atoms with Crippen molar-refractivity contribution in [3.05, 3.63) is 50.6 Å². The number of hydrogen-bond acceptors (Lipinski definition) is 6. The number of hydrogen-bond donors (Lipinski definition) is 1. The van der Waals surface area contributed by atoms with Crippen molar-refractivity contribution in [1.82, 2.24) is 9.55 Å². The number of aryl methyl sites for hydroxylation is 2. The maximum absolute atomic E-state index is 12.7. The van der Waals surface area contributed by atoms with Gasteiger partial charge in [-0.15, -0.1) is 11.3 Å². The van der Waals surface area contributed by atoms with Crippen LogP contribution in [0, 0.1) is 13.8 Å². The van der Waals surface area contributed by atoms with Crippen LogP contribution >= 0.6 is 23.1 Å². The Kier molecular flexibility index (Phi) is 5.71. The Hall–Kier alpha value is -2.45. The lowest BCUT2D eigenvalue weighted by Crippen LogP contribution is -2.25. The number of ketones is 1. The van der Waals surface area contributed by atoms with Gasteiger partial charge in [-0.25, -0.2) is 4.98 Å². The van der Waals surface area contributed by atoms with E-state index < -0.39 is 5.25 Å². The minimum atomic E-state index is -0.473. The maximum Gasteiger partial charge on any atom is 0.262 e. The molecule has 146 valence electrons. The number of nitrogens with zero attached hydrogens (tertiary/aromatic N) is 2. The van der Waals surface area contributed by atoms with Crippen molar-refractivity contribution in [2.75, 3.05) is 5.32 Å². The number of amides is 1. The van der Waals surface area contributed by atoms with Gasteiger partial charge in [0.1, 0.15) is 4.83 Å². The summed E-state index contributed by atoms with van der Waals surface area (Å²) < 4.78 is 1.49. The van der Waals surface area contributed by atoms with Crippen molar-refractivity contribution in [3.63, 3.8) is 0 Å². The van der Waals surface area contributed by atoms with Crippen LogP contribution in [0.3, 0.4) is 0 Å². The Morgan fingerprint density at radius 3 is 2.68 bits per heavy atom. The van der Waals surface area contributed by atoms with Crippen molar-refractivity contribution in [2.24, 2.45) is 7.05 Å². The molecule has 1 unspecified atom stereocenters. The number of fused-ring (bicyclic) bond motifs is 1. The third-order valence-electron chi connectivity index (χ3n) is 4.56. The molecule has 3 aromatic rings. The first-order chi connectivity index (χ1) is 13.2. The number of nitrogens with one attached hydrogen (secondary N) is 1. The van der Waals surface area contributed by atoms with Crippen LogP contribution in [-0.4, -0.2) is 26.5 Å². The van der Waals surface area contributed by atoms with Gasteiger partial charge in [0.2, 0.25) is 5.91 Å². The molecule has 2 aromatic heterocycles. The molecule has 0 aliphatic rings. The minimum Gasteiger partial charge on any atom is -0.325 e. The Morgan fingerprint density at radius 2 is 2.00 bits per heavy atom. The van der Waals surface area contributed by atoms with Gasteiger partial charge in [-0.2, -0.15) is 0 Å². The topological polar surface area (TPSA) is 81.1 Å². The number of Topliss-reactive ketones (excluding diaryl/α,β-unsaturated/α-hetero) is 1. The molecule has 3 rings (SSSR count). The average Bonchev–Trinajstić information content (AvgIpc) is 2.93. The van der Waals surface area contributed by atoms with Crippen molar-refractivity contribution in [2.45, 2.75) is 38.1 Å². The number of carbonyl (C=O) groups excluding carboxylic acids is 2. The predicted molar refractivity (Wildman–Crippen MR) is 115 cm³/mol. The van der Waals surface area contributed by atoms with Gasteiger partial charge in [0.15, 0.2) is 10.9 Å². The highest BCUT2D eigenvalue weighted by Gasteiger charge is 2.20. The molecule has 1 amide bonds. The summed E-state index contributed by atoms with van der Waals surface area (Å²) in [6, 6.07) is 6.81. The highest BCUT2D eigenvalue weighted by Crippen LogP contribution is 2.29.